The molecule has 1 unspecified atom stereocenters. The van der Waals surface area contributed by atoms with Gasteiger partial charge in [0.15, 0.2) is 0 Å². The molecule has 1 aliphatic heterocycles. The summed E-state index contributed by atoms with van der Waals surface area (Å²) in [6.07, 6.45) is -0.984. The number of aliphatic hydroxyl groups excluding tert-OH is 1. The number of thiol groups is 1. The summed E-state index contributed by atoms with van der Waals surface area (Å²) in [6, 6.07) is 11.1. The van der Waals surface area contributed by atoms with Crippen molar-refractivity contribution in [3.63, 3.8) is 0 Å². The second-order valence-electron chi connectivity index (χ2n) is 8.19. The number of hydrogen-bond acceptors (Lipinski definition) is 7. The van der Waals surface area contributed by atoms with Crippen LogP contribution in [0.4, 0.5) is 4.79 Å². The van der Waals surface area contributed by atoms with E-state index >= 15 is 0 Å². The van der Waals surface area contributed by atoms with Gasteiger partial charge in [-0.15, -0.1) is 11.3 Å². The number of benzene rings is 2. The van der Waals surface area contributed by atoms with E-state index in [0.29, 0.717) is 35.4 Å². The number of hydrogen-bond donors (Lipinski definition) is 3. The summed E-state index contributed by atoms with van der Waals surface area (Å²) in [5, 5.41) is 14.9. The number of thiazole rings is 1. The van der Waals surface area contributed by atoms with Crippen LogP contribution in [0.25, 0.3) is 10.2 Å². The quantitative estimate of drug-likeness (QED) is 0.362. The molecule has 1 fully saturated rings. The van der Waals surface area contributed by atoms with Crippen LogP contribution in [0.3, 0.4) is 0 Å². The number of rotatable bonds is 8. The molecule has 7 nitrogen and oxygen atoms in total. The number of amides is 1. The lowest BCUT2D eigenvalue weighted by atomic mass is 10.1. The molecule has 34 heavy (non-hydrogen) atoms. The number of halogens is 2. The average molecular weight is 542 g/mol. The fourth-order valence-electron chi connectivity index (χ4n) is 4.04. The molecule has 0 radical (unpaired) electrons. The van der Waals surface area contributed by atoms with Crippen molar-refractivity contribution in [1.29, 1.82) is 0 Å². The van der Waals surface area contributed by atoms with Crippen molar-refractivity contribution in [2.75, 3.05) is 39.3 Å². The molecule has 2 heterocycles. The maximum absolute atomic E-state index is 11.7. The Morgan fingerprint density at radius 3 is 2.68 bits per heavy atom. The van der Waals surface area contributed by atoms with Crippen LogP contribution in [0.2, 0.25) is 10.0 Å². The van der Waals surface area contributed by atoms with E-state index in [1.165, 1.54) is 0 Å². The first-order chi connectivity index (χ1) is 16.3. The van der Waals surface area contributed by atoms with Crippen LogP contribution in [0.15, 0.2) is 36.4 Å². The third-order valence-corrected chi connectivity index (χ3v) is 7.49. The Labute approximate surface area is 218 Å². The molecule has 11 heteroatoms. The third kappa shape index (κ3) is 6.54. The van der Waals surface area contributed by atoms with Gasteiger partial charge in [-0.05, 0) is 36.8 Å². The third-order valence-electron chi connectivity index (χ3n) is 5.67. The van der Waals surface area contributed by atoms with Crippen LogP contribution in [0.5, 0.6) is 5.75 Å². The topological polar surface area (TPSA) is 77.9 Å². The fraction of sp³-hybridized carbons (Fsp3) is 0.391. The van der Waals surface area contributed by atoms with E-state index in [4.69, 9.17) is 27.9 Å². The van der Waals surface area contributed by atoms with Gasteiger partial charge in [0, 0.05) is 38.8 Å². The number of nitrogens with one attached hydrogen (secondary N) is 1. The zero-order valence-corrected chi connectivity index (χ0v) is 21.8. The van der Waals surface area contributed by atoms with Crippen LogP contribution in [-0.2, 0) is 0 Å². The predicted molar refractivity (Wildman–Crippen MR) is 141 cm³/mol. The highest BCUT2D eigenvalue weighted by Gasteiger charge is 2.27. The van der Waals surface area contributed by atoms with Crippen molar-refractivity contribution in [3.8, 4) is 5.75 Å². The molecule has 2 atom stereocenters. The standard InChI is InChI=1S/C23H26Cl2N4O3S2/c1-14-26-20-11-17(3-5-21(20)34-14)32-13-16(30)12-28-6-8-29(9-7-28)22(27-23(31)33)15-2-4-18(24)19(25)10-15/h2-5,10-11,16,22,30H,6-9,12-13H2,1H3,(H2,27,31,33)/t16-,22?/m1/s1. The molecule has 4 rings (SSSR count). The van der Waals surface area contributed by atoms with Gasteiger partial charge in [-0.25, -0.2) is 4.98 Å². The van der Waals surface area contributed by atoms with Gasteiger partial charge >= 0.3 is 0 Å². The van der Waals surface area contributed by atoms with E-state index in [2.05, 4.69) is 32.7 Å². The summed E-state index contributed by atoms with van der Waals surface area (Å²) in [5.74, 6) is 0.702. The molecule has 3 aromatic rings. The summed E-state index contributed by atoms with van der Waals surface area (Å²) in [4.78, 5) is 20.5. The molecule has 1 saturated heterocycles. The zero-order chi connectivity index (χ0) is 24.2. The Balaban J connectivity index is 1.29. The van der Waals surface area contributed by atoms with Crippen molar-refractivity contribution in [3.05, 3.63) is 57.0 Å². The van der Waals surface area contributed by atoms with Gasteiger partial charge in [0.25, 0.3) is 5.24 Å². The second kappa shape index (κ2) is 11.4. The number of fused-ring (bicyclic) bond motifs is 1. The molecule has 1 aliphatic rings. The van der Waals surface area contributed by atoms with Gasteiger partial charge < -0.3 is 15.2 Å². The average Bonchev–Trinajstić information content (AvgIpc) is 3.18. The molecular formula is C23H26Cl2N4O3S2. The highest BCUT2D eigenvalue weighted by atomic mass is 35.5. The second-order valence-corrected chi connectivity index (χ2v) is 10.6. The summed E-state index contributed by atoms with van der Waals surface area (Å²) >= 11 is 17.8. The Hall–Kier alpha value is -1.59. The summed E-state index contributed by atoms with van der Waals surface area (Å²) in [7, 11) is 0. The number of carbonyl (C=O) groups excluding carboxylic acids is 1. The maximum atomic E-state index is 11.7. The van der Waals surface area contributed by atoms with Crippen LogP contribution in [-0.4, -0.2) is 70.6 Å². The number of β-amino-alcohol motifs (C(OH)–C–C–N with tert-alkyl or cyclic N) is 1. The number of aliphatic hydroxyl groups is 1. The lowest BCUT2D eigenvalue weighted by molar-refractivity contribution is 0.0334. The number of piperazine rings is 1. The lowest BCUT2D eigenvalue weighted by Crippen LogP contribution is -2.52. The van der Waals surface area contributed by atoms with Gasteiger partial charge in [-0.2, -0.15) is 0 Å². The maximum Gasteiger partial charge on any atom is 0.277 e. The first-order valence-electron chi connectivity index (χ1n) is 10.9. The number of aryl methyl sites for hydroxylation is 1. The number of ether oxygens (including phenoxy) is 1. The van der Waals surface area contributed by atoms with Crippen molar-refractivity contribution in [2.24, 2.45) is 0 Å². The summed E-state index contributed by atoms with van der Waals surface area (Å²) in [5.41, 5.74) is 1.75. The van der Waals surface area contributed by atoms with Gasteiger partial charge in [-0.1, -0.05) is 41.9 Å². The Morgan fingerprint density at radius 1 is 1.21 bits per heavy atom. The number of nitrogens with zero attached hydrogens (tertiary/aromatic N) is 3. The van der Waals surface area contributed by atoms with E-state index in [1.54, 1.807) is 23.5 Å². The van der Waals surface area contributed by atoms with Gasteiger partial charge in [0.2, 0.25) is 0 Å². The van der Waals surface area contributed by atoms with Crippen molar-refractivity contribution in [2.45, 2.75) is 19.2 Å². The molecule has 1 amide bonds. The number of carbonyl (C=O) groups is 1. The van der Waals surface area contributed by atoms with Crippen molar-refractivity contribution < 1.29 is 14.6 Å². The van der Waals surface area contributed by atoms with E-state index in [9.17, 15) is 9.90 Å². The largest absolute Gasteiger partial charge is 0.491 e. The van der Waals surface area contributed by atoms with E-state index < -0.39 is 11.3 Å². The Morgan fingerprint density at radius 2 is 1.97 bits per heavy atom. The van der Waals surface area contributed by atoms with Crippen molar-refractivity contribution in [1.82, 2.24) is 20.1 Å². The summed E-state index contributed by atoms with van der Waals surface area (Å²) < 4.78 is 6.93. The fourth-order valence-corrected chi connectivity index (χ4v) is 5.28. The highest BCUT2D eigenvalue weighted by molar-refractivity contribution is 7.96. The SMILES string of the molecule is Cc1nc2cc(OC[C@H](O)CN3CCN(C(NC(=O)S)c4ccc(Cl)c(Cl)c4)CC3)ccc2s1. The molecule has 0 bridgehead atoms. The molecule has 1 aromatic heterocycles. The minimum atomic E-state index is -0.623. The van der Waals surface area contributed by atoms with Crippen LogP contribution in [0, 0.1) is 6.92 Å². The smallest absolute Gasteiger partial charge is 0.277 e. The number of aromatic nitrogens is 1. The van der Waals surface area contributed by atoms with Gasteiger partial charge in [0.05, 0.1) is 25.3 Å². The molecular weight excluding hydrogens is 515 g/mol. The molecule has 2 aromatic carbocycles. The van der Waals surface area contributed by atoms with Crippen molar-refractivity contribution >= 4 is 62.6 Å². The molecule has 182 valence electrons. The Bertz CT molecular complexity index is 1150. The first kappa shape index (κ1) is 25.5. The first-order valence-corrected chi connectivity index (χ1v) is 12.9. The summed E-state index contributed by atoms with van der Waals surface area (Å²) in [6.45, 7) is 5.56. The highest BCUT2D eigenvalue weighted by Crippen LogP contribution is 2.28. The predicted octanol–water partition coefficient (Wildman–Crippen LogP) is 4.61. The Kier molecular flexibility index (Phi) is 8.57. The molecule has 0 spiro atoms. The molecule has 0 saturated carbocycles. The molecule has 2 N–H and O–H groups in total. The minimum absolute atomic E-state index is 0.205. The van der Waals surface area contributed by atoms with Gasteiger partial charge in [0.1, 0.15) is 24.6 Å². The normalized spacial score (nSPS) is 17.0. The van der Waals surface area contributed by atoms with E-state index in [-0.39, 0.29) is 12.8 Å². The monoisotopic (exact) mass is 540 g/mol. The van der Waals surface area contributed by atoms with Crippen LogP contribution >= 0.6 is 47.2 Å². The molecule has 0 aliphatic carbocycles. The van der Waals surface area contributed by atoms with Crippen LogP contribution < -0.4 is 10.1 Å². The van der Waals surface area contributed by atoms with Gasteiger partial charge in [-0.3, -0.25) is 14.6 Å². The lowest BCUT2D eigenvalue weighted by Gasteiger charge is -2.40. The van der Waals surface area contributed by atoms with E-state index in [0.717, 1.165) is 33.9 Å². The van der Waals surface area contributed by atoms with E-state index in [1.807, 2.05) is 31.2 Å². The van der Waals surface area contributed by atoms with Crippen LogP contribution in [0.1, 0.15) is 16.7 Å². The zero-order valence-electron chi connectivity index (χ0n) is 18.6. The minimum Gasteiger partial charge on any atom is -0.491 e.